The van der Waals surface area contributed by atoms with Crippen LogP contribution >= 0.6 is 0 Å². The summed E-state index contributed by atoms with van der Waals surface area (Å²) in [4.78, 5) is 6.76. The molecule has 0 aliphatic heterocycles. The Morgan fingerprint density at radius 1 is 1.20 bits per heavy atom. The number of unbranched alkanes of at least 4 members (excludes halogenated alkanes) is 2. The van der Waals surface area contributed by atoms with Crippen molar-refractivity contribution in [3.05, 3.63) is 30.5 Å². The van der Waals surface area contributed by atoms with Crippen molar-refractivity contribution in [2.75, 3.05) is 17.2 Å². The molecule has 2 rings (SSSR count). The van der Waals surface area contributed by atoms with Crippen LogP contribution in [0.5, 0.6) is 0 Å². The van der Waals surface area contributed by atoms with Crippen LogP contribution in [0.2, 0.25) is 0 Å². The van der Waals surface area contributed by atoms with Crippen molar-refractivity contribution < 1.29 is 0 Å². The summed E-state index contributed by atoms with van der Waals surface area (Å²) in [5.74, 6) is 0. The second-order valence-electron chi connectivity index (χ2n) is 5.56. The van der Waals surface area contributed by atoms with E-state index in [2.05, 4.69) is 42.8 Å². The molecule has 3 nitrogen and oxygen atoms in total. The number of anilines is 2. The fourth-order valence-electron chi connectivity index (χ4n) is 2.60. The summed E-state index contributed by atoms with van der Waals surface area (Å²) in [5, 5.41) is 1.05. The van der Waals surface area contributed by atoms with Gasteiger partial charge < -0.3 is 10.6 Å². The number of pyridine rings is 1. The molecule has 0 saturated carbocycles. The monoisotopic (exact) mass is 271 g/mol. The standard InChI is InChI=1S/C17H25N3/c1-4-5-6-12-20(13(2)3)16-10-9-15-14(17(16)18)8-7-11-19-15/h7-11,13H,4-6,12,18H2,1-3H3. The molecule has 1 aromatic carbocycles. The van der Waals surface area contributed by atoms with Gasteiger partial charge in [-0.1, -0.05) is 19.8 Å². The van der Waals surface area contributed by atoms with Gasteiger partial charge in [-0.25, -0.2) is 0 Å². The van der Waals surface area contributed by atoms with E-state index in [1.165, 1.54) is 19.3 Å². The van der Waals surface area contributed by atoms with Crippen LogP contribution < -0.4 is 10.6 Å². The highest BCUT2D eigenvalue weighted by atomic mass is 15.2. The van der Waals surface area contributed by atoms with Crippen molar-refractivity contribution >= 4 is 22.3 Å². The van der Waals surface area contributed by atoms with E-state index in [-0.39, 0.29) is 0 Å². The highest BCUT2D eigenvalue weighted by molar-refractivity contribution is 5.97. The molecule has 108 valence electrons. The zero-order valence-corrected chi connectivity index (χ0v) is 12.8. The molecule has 0 fully saturated rings. The molecule has 0 radical (unpaired) electrons. The van der Waals surface area contributed by atoms with Crippen LogP contribution in [0.25, 0.3) is 10.9 Å². The Morgan fingerprint density at radius 3 is 2.70 bits per heavy atom. The third-order valence-corrected chi connectivity index (χ3v) is 3.74. The number of hydrogen-bond donors (Lipinski definition) is 1. The number of aromatic nitrogens is 1. The molecule has 0 bridgehead atoms. The van der Waals surface area contributed by atoms with E-state index in [0.29, 0.717) is 6.04 Å². The molecule has 2 N–H and O–H groups in total. The van der Waals surface area contributed by atoms with Gasteiger partial charge in [-0.2, -0.15) is 0 Å². The molecule has 1 heterocycles. The van der Waals surface area contributed by atoms with E-state index in [9.17, 15) is 0 Å². The van der Waals surface area contributed by atoms with Crippen molar-refractivity contribution in [1.29, 1.82) is 0 Å². The minimum Gasteiger partial charge on any atom is -0.396 e. The lowest BCUT2D eigenvalue weighted by molar-refractivity contribution is 0.627. The van der Waals surface area contributed by atoms with Gasteiger partial charge in [0.05, 0.1) is 16.9 Å². The van der Waals surface area contributed by atoms with Crippen molar-refractivity contribution in [2.24, 2.45) is 0 Å². The number of hydrogen-bond acceptors (Lipinski definition) is 3. The maximum Gasteiger partial charge on any atom is 0.0724 e. The predicted octanol–water partition coefficient (Wildman–Crippen LogP) is 4.22. The van der Waals surface area contributed by atoms with Crippen LogP contribution in [0, 0.1) is 0 Å². The number of nitrogen functional groups attached to an aromatic ring is 1. The number of benzene rings is 1. The lowest BCUT2D eigenvalue weighted by Crippen LogP contribution is -2.32. The van der Waals surface area contributed by atoms with Crippen molar-refractivity contribution in [3.63, 3.8) is 0 Å². The Kier molecular flexibility index (Phi) is 4.83. The van der Waals surface area contributed by atoms with Gasteiger partial charge in [0.25, 0.3) is 0 Å². The minimum atomic E-state index is 0.447. The van der Waals surface area contributed by atoms with Gasteiger partial charge in [-0.3, -0.25) is 4.98 Å². The zero-order chi connectivity index (χ0) is 14.5. The molecule has 0 atom stereocenters. The van der Waals surface area contributed by atoms with Gasteiger partial charge in [0.2, 0.25) is 0 Å². The first-order valence-corrected chi connectivity index (χ1v) is 7.55. The summed E-state index contributed by atoms with van der Waals surface area (Å²) in [5.41, 5.74) is 9.33. The van der Waals surface area contributed by atoms with Gasteiger partial charge in [0.15, 0.2) is 0 Å². The maximum absolute atomic E-state index is 6.38. The second-order valence-corrected chi connectivity index (χ2v) is 5.56. The molecule has 1 aromatic heterocycles. The van der Waals surface area contributed by atoms with Crippen molar-refractivity contribution in [3.8, 4) is 0 Å². The minimum absolute atomic E-state index is 0.447. The lowest BCUT2D eigenvalue weighted by Gasteiger charge is -2.30. The van der Waals surface area contributed by atoms with E-state index >= 15 is 0 Å². The highest BCUT2D eigenvalue weighted by Gasteiger charge is 2.14. The Hall–Kier alpha value is -1.77. The quantitative estimate of drug-likeness (QED) is 0.631. The molecule has 0 unspecified atom stereocenters. The summed E-state index contributed by atoms with van der Waals surface area (Å²) < 4.78 is 0. The molecule has 0 aliphatic rings. The molecule has 20 heavy (non-hydrogen) atoms. The third-order valence-electron chi connectivity index (χ3n) is 3.74. The topological polar surface area (TPSA) is 42.2 Å². The van der Waals surface area contributed by atoms with Crippen molar-refractivity contribution in [2.45, 2.75) is 46.1 Å². The fraction of sp³-hybridized carbons (Fsp3) is 0.471. The Labute approximate surface area is 121 Å². The second kappa shape index (κ2) is 6.60. The first-order chi connectivity index (χ1) is 9.65. The average molecular weight is 271 g/mol. The maximum atomic E-state index is 6.38. The smallest absolute Gasteiger partial charge is 0.0724 e. The van der Waals surface area contributed by atoms with E-state index in [1.54, 1.807) is 0 Å². The molecular formula is C17H25N3. The molecule has 2 aromatic rings. The summed E-state index contributed by atoms with van der Waals surface area (Å²) in [7, 11) is 0. The summed E-state index contributed by atoms with van der Waals surface area (Å²) in [6.07, 6.45) is 5.52. The lowest BCUT2D eigenvalue weighted by atomic mass is 10.1. The van der Waals surface area contributed by atoms with Gasteiger partial charge in [-0.05, 0) is 44.5 Å². The summed E-state index contributed by atoms with van der Waals surface area (Å²) >= 11 is 0. The van der Waals surface area contributed by atoms with E-state index < -0.39 is 0 Å². The van der Waals surface area contributed by atoms with Crippen LogP contribution in [-0.2, 0) is 0 Å². The SMILES string of the molecule is CCCCCN(c1ccc2ncccc2c1N)C(C)C. The van der Waals surface area contributed by atoms with Crippen LogP contribution in [0.15, 0.2) is 30.5 Å². The number of nitrogens with two attached hydrogens (primary N) is 1. The Morgan fingerprint density at radius 2 is 2.00 bits per heavy atom. The zero-order valence-electron chi connectivity index (χ0n) is 12.8. The molecule has 0 amide bonds. The molecule has 0 spiro atoms. The van der Waals surface area contributed by atoms with Gasteiger partial charge >= 0.3 is 0 Å². The Balaban J connectivity index is 2.35. The Bertz CT molecular complexity index is 563. The highest BCUT2D eigenvalue weighted by Crippen LogP contribution is 2.31. The predicted molar refractivity (Wildman–Crippen MR) is 88.2 cm³/mol. The number of rotatable bonds is 6. The average Bonchev–Trinajstić information content (AvgIpc) is 2.45. The van der Waals surface area contributed by atoms with E-state index in [1.807, 2.05) is 18.3 Å². The summed E-state index contributed by atoms with van der Waals surface area (Å²) in [6, 6.07) is 8.61. The fourth-order valence-corrected chi connectivity index (χ4v) is 2.60. The largest absolute Gasteiger partial charge is 0.396 e. The van der Waals surface area contributed by atoms with Crippen molar-refractivity contribution in [1.82, 2.24) is 4.98 Å². The van der Waals surface area contributed by atoms with Gasteiger partial charge in [0.1, 0.15) is 0 Å². The first kappa shape index (κ1) is 14.6. The van der Waals surface area contributed by atoms with E-state index in [0.717, 1.165) is 28.8 Å². The molecule has 0 saturated heterocycles. The van der Waals surface area contributed by atoms with Crippen LogP contribution in [-0.4, -0.2) is 17.6 Å². The number of nitrogens with zero attached hydrogens (tertiary/aromatic N) is 2. The third kappa shape index (κ3) is 3.03. The molecular weight excluding hydrogens is 246 g/mol. The first-order valence-electron chi connectivity index (χ1n) is 7.55. The molecule has 0 aliphatic carbocycles. The molecule has 3 heteroatoms. The van der Waals surface area contributed by atoms with Gasteiger partial charge in [0, 0.05) is 24.2 Å². The van der Waals surface area contributed by atoms with Crippen LogP contribution in [0.3, 0.4) is 0 Å². The number of fused-ring (bicyclic) bond motifs is 1. The van der Waals surface area contributed by atoms with E-state index in [4.69, 9.17) is 5.73 Å². The van der Waals surface area contributed by atoms with Gasteiger partial charge in [-0.15, -0.1) is 0 Å². The normalized spacial score (nSPS) is 11.2. The van der Waals surface area contributed by atoms with Crippen LogP contribution in [0.4, 0.5) is 11.4 Å². The summed E-state index contributed by atoms with van der Waals surface area (Å²) in [6.45, 7) is 7.73. The van der Waals surface area contributed by atoms with Crippen LogP contribution in [0.1, 0.15) is 40.0 Å².